The van der Waals surface area contributed by atoms with Crippen molar-refractivity contribution in [1.29, 1.82) is 0 Å². The number of carboxylic acid groups (broad SMARTS) is 1. The van der Waals surface area contributed by atoms with Crippen molar-refractivity contribution in [2.24, 2.45) is 0 Å². The minimum absolute atomic E-state index is 0.295. The highest BCUT2D eigenvalue weighted by Gasteiger charge is 2.19. The molecule has 0 saturated carbocycles. The number of fused-ring (bicyclic) bond motifs is 1. The third-order valence-electron chi connectivity index (χ3n) is 4.02. The first kappa shape index (κ1) is 17.1. The molecule has 0 fully saturated rings. The van der Waals surface area contributed by atoms with Crippen molar-refractivity contribution in [2.45, 2.75) is 32.3 Å². The van der Waals surface area contributed by atoms with Gasteiger partial charge in [-0.05, 0) is 49.6 Å². The molecular formula is C19H20N2O4. The highest BCUT2D eigenvalue weighted by Crippen LogP contribution is 2.22. The van der Waals surface area contributed by atoms with Gasteiger partial charge in [-0.2, -0.15) is 0 Å². The summed E-state index contributed by atoms with van der Waals surface area (Å²) >= 11 is 0. The molecule has 0 aliphatic carbocycles. The molecule has 2 heterocycles. The zero-order valence-electron chi connectivity index (χ0n) is 14.0. The van der Waals surface area contributed by atoms with Crippen LogP contribution in [0.1, 0.15) is 23.9 Å². The minimum Gasteiger partial charge on any atom is -0.479 e. The molecule has 1 N–H and O–H groups in total. The van der Waals surface area contributed by atoms with Crippen molar-refractivity contribution in [3.05, 3.63) is 59.5 Å². The Morgan fingerprint density at radius 2 is 2.16 bits per heavy atom. The number of hydrogen-bond donors (Lipinski definition) is 1. The Labute approximate surface area is 145 Å². The van der Waals surface area contributed by atoms with E-state index in [4.69, 9.17) is 9.26 Å². The molecule has 6 nitrogen and oxygen atoms in total. The monoisotopic (exact) mass is 340 g/mol. The first-order valence-electron chi connectivity index (χ1n) is 8.29. The summed E-state index contributed by atoms with van der Waals surface area (Å²) in [6.45, 7) is 2.14. The number of ether oxygens (including phenoxy) is 1. The van der Waals surface area contributed by atoms with Crippen molar-refractivity contribution in [3.63, 3.8) is 0 Å². The summed E-state index contributed by atoms with van der Waals surface area (Å²) in [4.78, 5) is 15.5. The van der Waals surface area contributed by atoms with Gasteiger partial charge in [0, 0.05) is 30.3 Å². The third-order valence-corrected chi connectivity index (χ3v) is 4.02. The number of carbonyl (C=O) groups is 1. The van der Waals surface area contributed by atoms with Gasteiger partial charge in [0.1, 0.15) is 0 Å². The van der Waals surface area contributed by atoms with E-state index < -0.39 is 12.1 Å². The van der Waals surface area contributed by atoms with Gasteiger partial charge >= 0.3 is 5.97 Å². The molecule has 25 heavy (non-hydrogen) atoms. The van der Waals surface area contributed by atoms with Gasteiger partial charge in [0.15, 0.2) is 11.7 Å². The molecule has 6 heteroatoms. The van der Waals surface area contributed by atoms with Crippen LogP contribution in [0, 0.1) is 0 Å². The van der Waals surface area contributed by atoms with Crippen LogP contribution in [0.5, 0.6) is 0 Å². The number of rotatable bonds is 8. The van der Waals surface area contributed by atoms with E-state index in [2.05, 4.69) is 10.1 Å². The topological polar surface area (TPSA) is 85.5 Å². The molecule has 0 amide bonds. The Bertz CT molecular complexity index is 845. The van der Waals surface area contributed by atoms with Crippen molar-refractivity contribution >= 4 is 16.9 Å². The molecule has 0 aliphatic rings. The zero-order valence-corrected chi connectivity index (χ0v) is 14.0. The molecule has 1 atom stereocenters. The standard InChI is InChI=1S/C19H20N2O4/c1-2-24-18(19(22)23)12-13-6-8-15-16(21-25-17(15)11-13)9-7-14-5-3-4-10-20-14/h3-6,8,10-11,18H,2,7,9,12H2,1H3,(H,22,23). The Kier molecular flexibility index (Phi) is 5.40. The molecular weight excluding hydrogens is 320 g/mol. The molecule has 0 aliphatic heterocycles. The summed E-state index contributed by atoms with van der Waals surface area (Å²) in [5.74, 6) is -0.962. The fourth-order valence-corrected chi connectivity index (χ4v) is 2.77. The lowest BCUT2D eigenvalue weighted by Crippen LogP contribution is -2.26. The lowest BCUT2D eigenvalue weighted by molar-refractivity contribution is -0.149. The van der Waals surface area contributed by atoms with Crippen molar-refractivity contribution in [3.8, 4) is 0 Å². The molecule has 2 aromatic heterocycles. The second kappa shape index (κ2) is 7.90. The first-order chi connectivity index (χ1) is 12.2. The van der Waals surface area contributed by atoms with Gasteiger partial charge in [0.2, 0.25) is 0 Å². The van der Waals surface area contributed by atoms with Crippen LogP contribution < -0.4 is 0 Å². The fraction of sp³-hybridized carbons (Fsp3) is 0.316. The van der Waals surface area contributed by atoms with Crippen LogP contribution in [0.25, 0.3) is 11.0 Å². The quantitative estimate of drug-likeness (QED) is 0.678. The normalized spacial score (nSPS) is 12.4. The molecule has 1 aromatic carbocycles. The maximum atomic E-state index is 11.2. The van der Waals surface area contributed by atoms with Crippen LogP contribution in [-0.2, 0) is 28.8 Å². The molecule has 3 aromatic rings. The van der Waals surface area contributed by atoms with Crippen LogP contribution in [0.15, 0.2) is 47.1 Å². The van der Waals surface area contributed by atoms with E-state index in [1.54, 1.807) is 13.1 Å². The fourth-order valence-electron chi connectivity index (χ4n) is 2.77. The van der Waals surface area contributed by atoms with Crippen LogP contribution in [0.4, 0.5) is 0 Å². The number of benzene rings is 1. The maximum Gasteiger partial charge on any atom is 0.333 e. The van der Waals surface area contributed by atoms with Gasteiger partial charge in [0.05, 0.1) is 5.69 Å². The van der Waals surface area contributed by atoms with Crippen molar-refractivity contribution < 1.29 is 19.2 Å². The second-order valence-corrected chi connectivity index (χ2v) is 5.77. The predicted octanol–water partition coefficient (Wildman–Crippen LogP) is 3.04. The van der Waals surface area contributed by atoms with Gasteiger partial charge in [0.25, 0.3) is 0 Å². The van der Waals surface area contributed by atoms with Gasteiger partial charge in [-0.15, -0.1) is 0 Å². The highest BCUT2D eigenvalue weighted by molar-refractivity contribution is 5.80. The van der Waals surface area contributed by atoms with Gasteiger partial charge in [-0.3, -0.25) is 4.98 Å². The lowest BCUT2D eigenvalue weighted by Gasteiger charge is -2.12. The molecule has 130 valence electrons. The molecule has 0 radical (unpaired) electrons. The lowest BCUT2D eigenvalue weighted by atomic mass is 10.0. The second-order valence-electron chi connectivity index (χ2n) is 5.77. The summed E-state index contributed by atoms with van der Waals surface area (Å²) in [6.07, 6.45) is 2.74. The van der Waals surface area contributed by atoms with E-state index in [-0.39, 0.29) is 0 Å². The summed E-state index contributed by atoms with van der Waals surface area (Å²) < 4.78 is 10.7. The van der Waals surface area contributed by atoms with E-state index in [0.717, 1.165) is 35.2 Å². The molecule has 0 bridgehead atoms. The summed E-state index contributed by atoms with van der Waals surface area (Å²) in [6, 6.07) is 11.5. The summed E-state index contributed by atoms with van der Waals surface area (Å²) in [5.41, 5.74) is 3.40. The van der Waals surface area contributed by atoms with Gasteiger partial charge in [-0.25, -0.2) is 4.79 Å². The van der Waals surface area contributed by atoms with E-state index in [1.807, 2.05) is 36.4 Å². The van der Waals surface area contributed by atoms with Crippen LogP contribution in [0.2, 0.25) is 0 Å². The number of hydrogen-bond acceptors (Lipinski definition) is 5. The van der Waals surface area contributed by atoms with E-state index in [0.29, 0.717) is 18.6 Å². The summed E-state index contributed by atoms with van der Waals surface area (Å²) in [5, 5.41) is 14.3. The first-order valence-corrected chi connectivity index (χ1v) is 8.29. The Hall–Kier alpha value is -2.73. The van der Waals surface area contributed by atoms with Gasteiger partial charge < -0.3 is 14.4 Å². The predicted molar refractivity (Wildman–Crippen MR) is 92.4 cm³/mol. The molecule has 0 saturated heterocycles. The Morgan fingerprint density at radius 3 is 2.88 bits per heavy atom. The van der Waals surface area contributed by atoms with Crippen molar-refractivity contribution in [1.82, 2.24) is 10.1 Å². The Balaban J connectivity index is 1.73. The Morgan fingerprint density at radius 1 is 1.28 bits per heavy atom. The number of aryl methyl sites for hydroxylation is 2. The smallest absolute Gasteiger partial charge is 0.333 e. The average Bonchev–Trinajstić information content (AvgIpc) is 3.02. The van der Waals surface area contributed by atoms with E-state index in [1.165, 1.54) is 0 Å². The van der Waals surface area contributed by atoms with E-state index >= 15 is 0 Å². The van der Waals surface area contributed by atoms with Crippen LogP contribution in [0.3, 0.4) is 0 Å². The van der Waals surface area contributed by atoms with E-state index in [9.17, 15) is 9.90 Å². The third kappa shape index (κ3) is 4.22. The number of aromatic nitrogens is 2. The molecule has 3 rings (SSSR count). The van der Waals surface area contributed by atoms with Crippen LogP contribution >= 0.6 is 0 Å². The minimum atomic E-state index is -0.962. The zero-order chi connectivity index (χ0) is 17.6. The average molecular weight is 340 g/mol. The molecule has 0 spiro atoms. The van der Waals surface area contributed by atoms with Gasteiger partial charge in [-0.1, -0.05) is 17.3 Å². The maximum absolute atomic E-state index is 11.2. The largest absolute Gasteiger partial charge is 0.479 e. The number of pyridine rings is 1. The molecule has 1 unspecified atom stereocenters. The number of aliphatic carboxylic acids is 1. The van der Waals surface area contributed by atoms with Crippen molar-refractivity contribution in [2.75, 3.05) is 6.61 Å². The number of carboxylic acids is 1. The highest BCUT2D eigenvalue weighted by atomic mass is 16.5. The van der Waals surface area contributed by atoms with Crippen LogP contribution in [-0.4, -0.2) is 33.9 Å². The summed E-state index contributed by atoms with van der Waals surface area (Å²) in [7, 11) is 0. The number of nitrogens with zero attached hydrogens (tertiary/aromatic N) is 2. The SMILES string of the molecule is CCOC(Cc1ccc2c(CCc3ccccn3)noc2c1)C(=O)O.